The van der Waals surface area contributed by atoms with Crippen molar-refractivity contribution in [2.24, 2.45) is 5.92 Å². The van der Waals surface area contributed by atoms with E-state index in [-0.39, 0.29) is 12.6 Å². The van der Waals surface area contributed by atoms with E-state index in [0.29, 0.717) is 12.0 Å². The number of nitrogens with one attached hydrogen (secondary N) is 1. The molecule has 0 aliphatic rings. The highest BCUT2D eigenvalue weighted by molar-refractivity contribution is 7.12. The molecule has 0 radical (unpaired) electrons. The lowest BCUT2D eigenvalue weighted by molar-refractivity contribution is 0.229. The van der Waals surface area contributed by atoms with Gasteiger partial charge in [0.25, 0.3) is 0 Å². The van der Waals surface area contributed by atoms with Crippen molar-refractivity contribution in [1.82, 2.24) is 5.32 Å². The molecule has 1 aromatic rings. The molecule has 0 aliphatic carbocycles. The van der Waals surface area contributed by atoms with E-state index >= 15 is 0 Å². The number of aliphatic hydroxyl groups excluding tert-OH is 1. The molecule has 0 fully saturated rings. The molecule has 2 N–H and O–H groups in total. The summed E-state index contributed by atoms with van der Waals surface area (Å²) in [6.07, 6.45) is 0. The van der Waals surface area contributed by atoms with E-state index in [1.54, 1.807) is 0 Å². The van der Waals surface area contributed by atoms with Crippen LogP contribution in [-0.2, 0) is 0 Å². The first-order chi connectivity index (χ1) is 7.45. The lowest BCUT2D eigenvalue weighted by atomic mass is 9.95. The van der Waals surface area contributed by atoms with Gasteiger partial charge in [0.2, 0.25) is 0 Å². The average molecular weight is 241 g/mol. The first-order valence-corrected chi connectivity index (χ1v) is 6.71. The second-order valence-electron chi connectivity index (χ2n) is 4.84. The van der Waals surface area contributed by atoms with Gasteiger partial charge in [-0.25, -0.2) is 0 Å². The van der Waals surface area contributed by atoms with E-state index in [0.717, 1.165) is 0 Å². The Morgan fingerprint density at radius 1 is 1.31 bits per heavy atom. The third-order valence-electron chi connectivity index (χ3n) is 2.82. The summed E-state index contributed by atoms with van der Waals surface area (Å²) < 4.78 is 0. The minimum atomic E-state index is 0.145. The topological polar surface area (TPSA) is 32.3 Å². The molecule has 92 valence electrons. The Balaban J connectivity index is 2.89. The molecule has 1 unspecified atom stereocenters. The Labute approximate surface area is 103 Å². The van der Waals surface area contributed by atoms with Gasteiger partial charge in [-0.05, 0) is 38.3 Å². The fourth-order valence-electron chi connectivity index (χ4n) is 1.96. The van der Waals surface area contributed by atoms with Crippen LogP contribution >= 0.6 is 11.3 Å². The van der Waals surface area contributed by atoms with Gasteiger partial charge in [0, 0.05) is 21.8 Å². The Morgan fingerprint density at radius 2 is 1.94 bits per heavy atom. The monoisotopic (exact) mass is 241 g/mol. The maximum Gasteiger partial charge on any atom is 0.0582 e. The summed E-state index contributed by atoms with van der Waals surface area (Å²) >= 11 is 1.85. The van der Waals surface area contributed by atoms with E-state index in [1.807, 2.05) is 18.3 Å². The molecule has 1 rings (SSSR count). The van der Waals surface area contributed by atoms with Crippen molar-refractivity contribution in [1.29, 1.82) is 0 Å². The predicted molar refractivity (Wildman–Crippen MR) is 71.1 cm³/mol. The molecule has 0 bridgehead atoms. The van der Waals surface area contributed by atoms with Crippen molar-refractivity contribution in [2.75, 3.05) is 6.61 Å². The second kappa shape index (κ2) is 5.80. The van der Waals surface area contributed by atoms with Gasteiger partial charge in [-0.1, -0.05) is 13.8 Å². The minimum absolute atomic E-state index is 0.145. The number of hydrogen-bond donors (Lipinski definition) is 2. The zero-order chi connectivity index (χ0) is 12.3. The number of thiophene rings is 1. The van der Waals surface area contributed by atoms with E-state index in [4.69, 9.17) is 5.11 Å². The van der Waals surface area contributed by atoms with Gasteiger partial charge in [0.1, 0.15) is 0 Å². The molecular weight excluding hydrogens is 218 g/mol. The smallest absolute Gasteiger partial charge is 0.0582 e. The van der Waals surface area contributed by atoms with Crippen LogP contribution in [0.4, 0.5) is 0 Å². The van der Waals surface area contributed by atoms with Gasteiger partial charge in [0.15, 0.2) is 0 Å². The van der Waals surface area contributed by atoms with Crippen LogP contribution in [0.2, 0.25) is 0 Å². The standard InChI is InChI=1S/C13H23NOS/c1-8(2)13(14-9(3)7-15)12-6-10(4)16-11(12)5/h6,8-9,13-15H,7H2,1-5H3/t9-,13?/m0/s1. The number of hydrogen-bond acceptors (Lipinski definition) is 3. The highest BCUT2D eigenvalue weighted by atomic mass is 32.1. The van der Waals surface area contributed by atoms with Crippen LogP contribution in [0.5, 0.6) is 0 Å². The molecule has 1 aromatic heterocycles. The first-order valence-electron chi connectivity index (χ1n) is 5.89. The van der Waals surface area contributed by atoms with Crippen LogP contribution in [0, 0.1) is 19.8 Å². The Bertz CT molecular complexity index is 333. The van der Waals surface area contributed by atoms with Crippen LogP contribution in [0.25, 0.3) is 0 Å². The lowest BCUT2D eigenvalue weighted by Crippen LogP contribution is -2.35. The molecule has 0 saturated heterocycles. The van der Waals surface area contributed by atoms with Crippen molar-refractivity contribution in [3.63, 3.8) is 0 Å². The molecule has 0 amide bonds. The fraction of sp³-hybridized carbons (Fsp3) is 0.692. The molecule has 0 spiro atoms. The number of rotatable bonds is 5. The average Bonchev–Trinajstić information content (AvgIpc) is 2.53. The third kappa shape index (κ3) is 3.30. The maximum absolute atomic E-state index is 9.13. The summed E-state index contributed by atoms with van der Waals surface area (Å²) in [4.78, 5) is 2.74. The lowest BCUT2D eigenvalue weighted by Gasteiger charge is -2.26. The van der Waals surface area contributed by atoms with E-state index in [1.165, 1.54) is 15.3 Å². The zero-order valence-electron chi connectivity index (χ0n) is 10.9. The highest BCUT2D eigenvalue weighted by Gasteiger charge is 2.20. The predicted octanol–water partition coefficient (Wildman–Crippen LogP) is 3.03. The zero-order valence-corrected chi connectivity index (χ0v) is 11.7. The summed E-state index contributed by atoms with van der Waals surface area (Å²) in [6.45, 7) is 11.0. The summed E-state index contributed by atoms with van der Waals surface area (Å²) in [5.74, 6) is 0.529. The van der Waals surface area contributed by atoms with Crippen molar-refractivity contribution >= 4 is 11.3 Å². The van der Waals surface area contributed by atoms with Crippen molar-refractivity contribution in [3.8, 4) is 0 Å². The number of aliphatic hydroxyl groups is 1. The molecule has 0 aliphatic heterocycles. The molecule has 3 heteroatoms. The summed E-state index contributed by atoms with van der Waals surface area (Å²) in [6, 6.07) is 2.75. The van der Waals surface area contributed by atoms with Crippen molar-refractivity contribution < 1.29 is 5.11 Å². The van der Waals surface area contributed by atoms with Gasteiger partial charge in [-0.2, -0.15) is 0 Å². The second-order valence-corrected chi connectivity index (χ2v) is 6.30. The van der Waals surface area contributed by atoms with Crippen LogP contribution in [-0.4, -0.2) is 17.8 Å². The summed E-state index contributed by atoms with van der Waals surface area (Å²) in [7, 11) is 0. The first kappa shape index (κ1) is 13.7. The maximum atomic E-state index is 9.13. The molecule has 1 heterocycles. The van der Waals surface area contributed by atoms with Gasteiger partial charge in [-0.15, -0.1) is 11.3 Å². The van der Waals surface area contributed by atoms with E-state index < -0.39 is 0 Å². The highest BCUT2D eigenvalue weighted by Crippen LogP contribution is 2.30. The van der Waals surface area contributed by atoms with Gasteiger partial charge < -0.3 is 10.4 Å². The van der Waals surface area contributed by atoms with Crippen LogP contribution < -0.4 is 5.32 Å². The molecule has 2 atom stereocenters. The molecular formula is C13H23NOS. The SMILES string of the molecule is Cc1cc(C(N[C@@H](C)CO)C(C)C)c(C)s1. The van der Waals surface area contributed by atoms with Crippen molar-refractivity contribution in [3.05, 3.63) is 21.4 Å². The summed E-state index contributed by atoms with van der Waals surface area (Å²) in [5.41, 5.74) is 1.39. The van der Waals surface area contributed by atoms with E-state index in [2.05, 4.69) is 39.1 Å². The van der Waals surface area contributed by atoms with Gasteiger partial charge in [-0.3, -0.25) is 0 Å². The quantitative estimate of drug-likeness (QED) is 0.830. The fourth-order valence-corrected chi connectivity index (χ4v) is 2.93. The van der Waals surface area contributed by atoms with Gasteiger partial charge >= 0.3 is 0 Å². The minimum Gasteiger partial charge on any atom is -0.395 e. The van der Waals surface area contributed by atoms with Crippen LogP contribution in [0.15, 0.2) is 6.07 Å². The molecule has 2 nitrogen and oxygen atoms in total. The Kier molecular flexibility index (Phi) is 4.96. The van der Waals surface area contributed by atoms with Crippen molar-refractivity contribution in [2.45, 2.75) is 46.7 Å². The Hall–Kier alpha value is -0.380. The molecule has 0 aromatic carbocycles. The Morgan fingerprint density at radius 3 is 2.31 bits per heavy atom. The molecule has 16 heavy (non-hydrogen) atoms. The van der Waals surface area contributed by atoms with Crippen LogP contribution in [0.3, 0.4) is 0 Å². The summed E-state index contributed by atoms with van der Waals surface area (Å²) in [5, 5.41) is 12.6. The van der Waals surface area contributed by atoms with E-state index in [9.17, 15) is 0 Å². The molecule has 0 saturated carbocycles. The van der Waals surface area contributed by atoms with Gasteiger partial charge in [0.05, 0.1) is 6.61 Å². The normalized spacial score (nSPS) is 15.4. The largest absolute Gasteiger partial charge is 0.395 e. The van der Waals surface area contributed by atoms with Crippen LogP contribution in [0.1, 0.15) is 42.1 Å². The third-order valence-corrected chi connectivity index (χ3v) is 3.80. The number of aryl methyl sites for hydroxylation is 2.